The largest absolute Gasteiger partial charge is 0.311 e. The first-order valence-corrected chi connectivity index (χ1v) is 9.49. The lowest BCUT2D eigenvalue weighted by Crippen LogP contribution is -2.20. The Balaban J connectivity index is 1.83. The van der Waals surface area contributed by atoms with Crippen LogP contribution in [0.5, 0.6) is 0 Å². The summed E-state index contributed by atoms with van der Waals surface area (Å²) in [5.74, 6) is 0.0699. The highest BCUT2D eigenvalue weighted by Crippen LogP contribution is 2.44. The molecule has 1 aliphatic rings. The molecule has 1 aliphatic heterocycles. The van der Waals surface area contributed by atoms with Crippen LogP contribution < -0.4 is 4.90 Å². The predicted molar refractivity (Wildman–Crippen MR) is 117 cm³/mol. The van der Waals surface area contributed by atoms with E-state index in [9.17, 15) is 4.79 Å². The second kappa shape index (κ2) is 5.43. The number of hydrogen-bond donors (Lipinski definition) is 0. The average molecular weight is 359 g/mol. The van der Waals surface area contributed by atoms with Crippen LogP contribution in [0.25, 0.3) is 43.4 Å². The second-order valence-corrected chi connectivity index (χ2v) is 7.42. The van der Waals surface area contributed by atoms with Gasteiger partial charge in [-0.3, -0.25) is 4.79 Å². The Morgan fingerprint density at radius 3 is 2.00 bits per heavy atom. The van der Waals surface area contributed by atoms with Crippen LogP contribution in [0.15, 0.2) is 84.9 Å². The van der Waals surface area contributed by atoms with Crippen molar-refractivity contribution in [1.29, 1.82) is 0 Å². The van der Waals surface area contributed by atoms with Gasteiger partial charge < -0.3 is 4.90 Å². The van der Waals surface area contributed by atoms with E-state index < -0.39 is 0 Å². The number of carbonyl (C=O) groups is 1. The number of benzene rings is 5. The van der Waals surface area contributed by atoms with Gasteiger partial charge >= 0.3 is 0 Å². The number of anilines is 1. The molecule has 0 saturated carbocycles. The van der Waals surface area contributed by atoms with Gasteiger partial charge in [0, 0.05) is 18.0 Å². The summed E-state index contributed by atoms with van der Waals surface area (Å²) in [5, 5.41) is 7.12. The molecule has 0 aromatic heterocycles. The minimum absolute atomic E-state index is 0.0699. The molecular weight excluding hydrogens is 342 g/mol. The van der Waals surface area contributed by atoms with Gasteiger partial charge in [0.25, 0.3) is 5.91 Å². The van der Waals surface area contributed by atoms with Crippen molar-refractivity contribution < 1.29 is 4.79 Å². The van der Waals surface area contributed by atoms with Crippen LogP contribution in [0.1, 0.15) is 10.4 Å². The Hall–Kier alpha value is -3.65. The summed E-state index contributed by atoms with van der Waals surface area (Å²) in [6.45, 7) is 0. The minimum atomic E-state index is 0.0699. The molecule has 6 rings (SSSR count). The second-order valence-electron chi connectivity index (χ2n) is 7.42. The lowest BCUT2D eigenvalue weighted by molar-refractivity contribution is 0.0999. The van der Waals surface area contributed by atoms with E-state index in [0.717, 1.165) is 22.0 Å². The summed E-state index contributed by atoms with van der Waals surface area (Å²) in [4.78, 5) is 14.4. The van der Waals surface area contributed by atoms with Crippen molar-refractivity contribution in [1.82, 2.24) is 0 Å². The monoisotopic (exact) mass is 359 g/mol. The summed E-state index contributed by atoms with van der Waals surface area (Å²) in [6.07, 6.45) is 0. The molecule has 0 aliphatic carbocycles. The summed E-state index contributed by atoms with van der Waals surface area (Å²) >= 11 is 0. The molecule has 0 spiro atoms. The Kier molecular flexibility index (Phi) is 2.99. The zero-order chi connectivity index (χ0) is 18.8. The number of amides is 1. The third kappa shape index (κ3) is 1.89. The number of fused-ring (bicyclic) bond motifs is 2. The van der Waals surface area contributed by atoms with Crippen LogP contribution in [0.2, 0.25) is 0 Å². The van der Waals surface area contributed by atoms with E-state index in [-0.39, 0.29) is 5.91 Å². The van der Waals surface area contributed by atoms with E-state index in [1.54, 1.807) is 4.90 Å². The summed E-state index contributed by atoms with van der Waals surface area (Å²) in [5.41, 5.74) is 4.20. The maximum Gasteiger partial charge on any atom is 0.258 e. The van der Waals surface area contributed by atoms with Gasteiger partial charge in [-0.05, 0) is 56.3 Å². The maximum atomic E-state index is 12.7. The van der Waals surface area contributed by atoms with Gasteiger partial charge in [0.05, 0.1) is 5.69 Å². The number of hydrogen-bond acceptors (Lipinski definition) is 1. The number of carbonyl (C=O) groups excluding carboxylic acids is 1. The van der Waals surface area contributed by atoms with Crippen LogP contribution in [-0.2, 0) is 0 Å². The van der Waals surface area contributed by atoms with Crippen molar-refractivity contribution in [2.75, 3.05) is 11.9 Å². The average Bonchev–Trinajstić information content (AvgIpc) is 2.99. The molecule has 0 saturated heterocycles. The van der Waals surface area contributed by atoms with Crippen LogP contribution >= 0.6 is 0 Å². The predicted octanol–water partition coefficient (Wildman–Crippen LogP) is 6.40. The maximum absolute atomic E-state index is 12.7. The zero-order valence-electron chi connectivity index (χ0n) is 15.4. The molecule has 0 unspecified atom stereocenters. The van der Waals surface area contributed by atoms with Gasteiger partial charge in [-0.15, -0.1) is 0 Å². The minimum Gasteiger partial charge on any atom is -0.311 e. The summed E-state index contributed by atoms with van der Waals surface area (Å²) < 4.78 is 0. The van der Waals surface area contributed by atoms with E-state index in [1.165, 1.54) is 32.7 Å². The van der Waals surface area contributed by atoms with Crippen molar-refractivity contribution in [2.45, 2.75) is 0 Å². The highest BCUT2D eigenvalue weighted by atomic mass is 16.2. The van der Waals surface area contributed by atoms with Crippen molar-refractivity contribution in [2.24, 2.45) is 0 Å². The Labute approximate surface area is 162 Å². The standard InChI is InChI=1S/C26H17NO/c1-27-23-14-13-21(20-11-6-12-22(25(20)23)26(27)28)24-18-9-4-2-7-16(18)15-17-8-3-5-10-19(17)24/h2-15H,1H3. The summed E-state index contributed by atoms with van der Waals surface area (Å²) in [7, 11) is 1.85. The first kappa shape index (κ1) is 15.4. The highest BCUT2D eigenvalue weighted by molar-refractivity contribution is 6.28. The van der Waals surface area contributed by atoms with Crippen LogP contribution in [0.3, 0.4) is 0 Å². The fourth-order valence-electron chi connectivity index (χ4n) is 4.66. The van der Waals surface area contributed by atoms with Gasteiger partial charge in [0.15, 0.2) is 0 Å². The molecule has 5 aromatic rings. The third-order valence-electron chi connectivity index (χ3n) is 5.96. The van der Waals surface area contributed by atoms with Crippen molar-refractivity contribution >= 4 is 43.9 Å². The molecule has 0 fully saturated rings. The van der Waals surface area contributed by atoms with E-state index in [0.29, 0.717) is 0 Å². The highest BCUT2D eigenvalue weighted by Gasteiger charge is 2.28. The fraction of sp³-hybridized carbons (Fsp3) is 0.0385. The zero-order valence-corrected chi connectivity index (χ0v) is 15.4. The van der Waals surface area contributed by atoms with Crippen molar-refractivity contribution in [3.63, 3.8) is 0 Å². The molecule has 1 amide bonds. The van der Waals surface area contributed by atoms with Gasteiger partial charge in [0.1, 0.15) is 0 Å². The Bertz CT molecular complexity index is 1390. The van der Waals surface area contributed by atoms with E-state index in [2.05, 4.69) is 72.8 Å². The van der Waals surface area contributed by atoms with Gasteiger partial charge in [-0.25, -0.2) is 0 Å². The van der Waals surface area contributed by atoms with E-state index >= 15 is 0 Å². The van der Waals surface area contributed by atoms with Crippen LogP contribution in [0, 0.1) is 0 Å². The number of nitrogens with zero attached hydrogens (tertiary/aromatic N) is 1. The molecule has 132 valence electrons. The lowest BCUT2D eigenvalue weighted by atomic mass is 9.88. The molecule has 28 heavy (non-hydrogen) atoms. The van der Waals surface area contributed by atoms with Gasteiger partial charge in [-0.2, -0.15) is 0 Å². The first-order valence-electron chi connectivity index (χ1n) is 9.49. The lowest BCUT2D eigenvalue weighted by Gasteiger charge is -2.16. The van der Waals surface area contributed by atoms with Gasteiger partial charge in [0.2, 0.25) is 0 Å². The molecular formula is C26H17NO. The Morgan fingerprint density at radius 1 is 0.643 bits per heavy atom. The molecule has 1 heterocycles. The van der Waals surface area contributed by atoms with Crippen LogP contribution in [0.4, 0.5) is 5.69 Å². The van der Waals surface area contributed by atoms with Crippen molar-refractivity contribution in [3.8, 4) is 11.1 Å². The molecule has 0 radical (unpaired) electrons. The quantitative estimate of drug-likeness (QED) is 0.317. The third-order valence-corrected chi connectivity index (χ3v) is 5.96. The topological polar surface area (TPSA) is 20.3 Å². The molecule has 2 heteroatoms. The van der Waals surface area contributed by atoms with E-state index in [4.69, 9.17) is 0 Å². The molecule has 0 bridgehead atoms. The van der Waals surface area contributed by atoms with Crippen molar-refractivity contribution in [3.05, 3.63) is 90.5 Å². The number of rotatable bonds is 1. The van der Waals surface area contributed by atoms with Crippen LogP contribution in [-0.4, -0.2) is 13.0 Å². The van der Waals surface area contributed by atoms with E-state index in [1.807, 2.05) is 19.2 Å². The Morgan fingerprint density at radius 2 is 1.29 bits per heavy atom. The smallest absolute Gasteiger partial charge is 0.258 e. The molecule has 0 N–H and O–H groups in total. The first-order chi connectivity index (χ1) is 13.7. The normalized spacial score (nSPS) is 13.2. The summed E-state index contributed by atoms with van der Waals surface area (Å²) in [6, 6.07) is 29.7. The molecule has 0 atom stereocenters. The fourth-order valence-corrected chi connectivity index (χ4v) is 4.66. The van der Waals surface area contributed by atoms with Gasteiger partial charge in [-0.1, -0.05) is 66.7 Å². The molecule has 2 nitrogen and oxygen atoms in total. The molecule has 5 aromatic carbocycles. The SMILES string of the molecule is CN1C(=O)c2cccc3c(-c4c5ccccc5cc5ccccc45)ccc1c23.